The first-order valence-corrected chi connectivity index (χ1v) is 3.16. The Morgan fingerprint density at radius 1 is 1.67 bits per heavy atom. The van der Waals surface area contributed by atoms with E-state index < -0.39 is 5.67 Å². The quantitative estimate of drug-likeness (QED) is 0.603. The maximum atomic E-state index is 13.0. The normalized spacial score (nSPS) is 34.0. The topological polar surface area (TPSA) is 12.0 Å². The summed E-state index contributed by atoms with van der Waals surface area (Å²) in [5, 5.41) is 2.99. The Labute approximate surface area is 61.4 Å². The fraction of sp³-hybridized carbons (Fsp3) is 1.00. The zero-order chi connectivity index (χ0) is 6.04. The van der Waals surface area contributed by atoms with E-state index in [2.05, 4.69) is 5.32 Å². The van der Waals surface area contributed by atoms with Crippen molar-refractivity contribution in [3.63, 3.8) is 0 Å². The van der Waals surface area contributed by atoms with Crippen molar-refractivity contribution in [2.24, 2.45) is 0 Å². The molecule has 1 aliphatic rings. The first-order valence-electron chi connectivity index (χ1n) is 3.16. The first-order chi connectivity index (χ1) is 3.77. The minimum atomic E-state index is -0.875. The van der Waals surface area contributed by atoms with Crippen molar-refractivity contribution in [3.05, 3.63) is 0 Å². The molecule has 1 unspecified atom stereocenters. The minimum absolute atomic E-state index is 0. The smallest absolute Gasteiger partial charge is 0.124 e. The minimum Gasteiger partial charge on any atom is -0.313 e. The van der Waals surface area contributed by atoms with Crippen LogP contribution < -0.4 is 5.32 Å². The summed E-state index contributed by atoms with van der Waals surface area (Å²) in [4.78, 5) is 0. The SMILES string of the molecule is CCC1(F)CCNC1.Cl. The molecule has 56 valence electrons. The van der Waals surface area contributed by atoms with E-state index in [0.29, 0.717) is 19.4 Å². The monoisotopic (exact) mass is 153 g/mol. The van der Waals surface area contributed by atoms with Gasteiger partial charge in [-0.15, -0.1) is 12.4 Å². The number of halogens is 2. The molecule has 0 spiro atoms. The largest absolute Gasteiger partial charge is 0.313 e. The summed E-state index contributed by atoms with van der Waals surface area (Å²) in [7, 11) is 0. The van der Waals surface area contributed by atoms with Crippen LogP contribution in [0.2, 0.25) is 0 Å². The molecule has 3 heteroatoms. The summed E-state index contributed by atoms with van der Waals surface area (Å²) in [6.45, 7) is 3.31. The second kappa shape index (κ2) is 3.37. The summed E-state index contributed by atoms with van der Waals surface area (Å²) in [6, 6.07) is 0. The molecule has 1 atom stereocenters. The Morgan fingerprint density at radius 3 is 2.56 bits per heavy atom. The third-order valence-corrected chi connectivity index (χ3v) is 1.83. The van der Waals surface area contributed by atoms with E-state index in [1.807, 2.05) is 6.92 Å². The van der Waals surface area contributed by atoms with Crippen LogP contribution in [0.25, 0.3) is 0 Å². The predicted octanol–water partition coefficient (Wildman–Crippen LogP) is 1.52. The molecule has 0 aromatic rings. The van der Waals surface area contributed by atoms with Crippen LogP contribution in [0.1, 0.15) is 19.8 Å². The van der Waals surface area contributed by atoms with Crippen molar-refractivity contribution in [1.82, 2.24) is 5.32 Å². The molecule has 1 N–H and O–H groups in total. The Kier molecular flexibility index (Phi) is 3.44. The van der Waals surface area contributed by atoms with Gasteiger partial charge in [0.1, 0.15) is 5.67 Å². The molecule has 1 heterocycles. The van der Waals surface area contributed by atoms with Gasteiger partial charge < -0.3 is 5.32 Å². The zero-order valence-corrected chi connectivity index (χ0v) is 6.43. The van der Waals surface area contributed by atoms with Crippen LogP contribution in [0.3, 0.4) is 0 Å². The highest BCUT2D eigenvalue weighted by molar-refractivity contribution is 5.85. The molecule has 0 aliphatic carbocycles. The summed E-state index contributed by atoms with van der Waals surface area (Å²) in [5.74, 6) is 0. The summed E-state index contributed by atoms with van der Waals surface area (Å²) in [5.41, 5.74) is -0.875. The van der Waals surface area contributed by atoms with Crippen LogP contribution >= 0.6 is 12.4 Å². The van der Waals surface area contributed by atoms with Crippen molar-refractivity contribution in [2.75, 3.05) is 13.1 Å². The molecule has 0 radical (unpaired) electrons. The Hall–Kier alpha value is 0.180. The lowest BCUT2D eigenvalue weighted by atomic mass is 10.0. The van der Waals surface area contributed by atoms with Crippen LogP contribution in [0.15, 0.2) is 0 Å². The van der Waals surface area contributed by atoms with Gasteiger partial charge in [-0.1, -0.05) is 6.92 Å². The average Bonchev–Trinajstić information content (AvgIpc) is 2.17. The standard InChI is InChI=1S/C6H12FN.ClH/c1-2-6(7)3-4-8-5-6;/h8H,2-5H2,1H3;1H. The van der Waals surface area contributed by atoms with E-state index in [4.69, 9.17) is 0 Å². The number of alkyl halides is 1. The molecule has 1 rings (SSSR count). The third kappa shape index (κ3) is 2.11. The molecule has 0 bridgehead atoms. The highest BCUT2D eigenvalue weighted by atomic mass is 35.5. The van der Waals surface area contributed by atoms with Crippen LogP contribution in [0.5, 0.6) is 0 Å². The van der Waals surface area contributed by atoms with Crippen LogP contribution in [-0.2, 0) is 0 Å². The van der Waals surface area contributed by atoms with E-state index >= 15 is 0 Å². The molecule has 1 aliphatic heterocycles. The Morgan fingerprint density at radius 2 is 2.33 bits per heavy atom. The highest BCUT2D eigenvalue weighted by Crippen LogP contribution is 2.22. The van der Waals surface area contributed by atoms with Gasteiger partial charge in [0, 0.05) is 6.54 Å². The molecule has 0 aromatic heterocycles. The molecular formula is C6H13ClFN. The van der Waals surface area contributed by atoms with E-state index in [0.717, 1.165) is 6.54 Å². The molecule has 1 nitrogen and oxygen atoms in total. The fourth-order valence-electron chi connectivity index (χ4n) is 1.01. The van der Waals surface area contributed by atoms with E-state index in [9.17, 15) is 4.39 Å². The van der Waals surface area contributed by atoms with E-state index in [-0.39, 0.29) is 12.4 Å². The molecule has 0 aromatic carbocycles. The van der Waals surface area contributed by atoms with Gasteiger partial charge in [0.2, 0.25) is 0 Å². The van der Waals surface area contributed by atoms with Gasteiger partial charge in [-0.25, -0.2) is 4.39 Å². The average molecular weight is 154 g/mol. The summed E-state index contributed by atoms with van der Waals surface area (Å²) < 4.78 is 13.0. The van der Waals surface area contributed by atoms with Crippen LogP contribution in [0, 0.1) is 0 Å². The van der Waals surface area contributed by atoms with Gasteiger partial charge in [0.05, 0.1) is 0 Å². The number of hydrogen-bond donors (Lipinski definition) is 1. The first kappa shape index (κ1) is 9.18. The van der Waals surface area contributed by atoms with Gasteiger partial charge in [-0.2, -0.15) is 0 Å². The molecular weight excluding hydrogens is 141 g/mol. The zero-order valence-electron chi connectivity index (χ0n) is 5.61. The van der Waals surface area contributed by atoms with Gasteiger partial charge in [0.25, 0.3) is 0 Å². The van der Waals surface area contributed by atoms with E-state index in [1.54, 1.807) is 0 Å². The van der Waals surface area contributed by atoms with Gasteiger partial charge in [-0.05, 0) is 19.4 Å². The molecule has 9 heavy (non-hydrogen) atoms. The summed E-state index contributed by atoms with van der Waals surface area (Å²) in [6.07, 6.45) is 1.35. The van der Waals surface area contributed by atoms with Crippen LogP contribution in [0.4, 0.5) is 4.39 Å². The maximum Gasteiger partial charge on any atom is 0.124 e. The second-order valence-electron chi connectivity index (χ2n) is 2.43. The molecule has 1 fully saturated rings. The molecule has 0 saturated carbocycles. The second-order valence-corrected chi connectivity index (χ2v) is 2.43. The van der Waals surface area contributed by atoms with Crippen molar-refractivity contribution in [1.29, 1.82) is 0 Å². The van der Waals surface area contributed by atoms with Crippen molar-refractivity contribution >= 4 is 12.4 Å². The van der Waals surface area contributed by atoms with Gasteiger partial charge in [-0.3, -0.25) is 0 Å². The lowest BCUT2D eigenvalue weighted by Gasteiger charge is -2.13. The Balaban J connectivity index is 0.000000640. The maximum absolute atomic E-state index is 13.0. The highest BCUT2D eigenvalue weighted by Gasteiger charge is 2.30. The van der Waals surface area contributed by atoms with Crippen LogP contribution in [-0.4, -0.2) is 18.8 Å². The van der Waals surface area contributed by atoms with Gasteiger partial charge in [0.15, 0.2) is 0 Å². The summed E-state index contributed by atoms with van der Waals surface area (Å²) >= 11 is 0. The molecule has 0 amide bonds. The third-order valence-electron chi connectivity index (χ3n) is 1.83. The van der Waals surface area contributed by atoms with Crippen molar-refractivity contribution in [2.45, 2.75) is 25.4 Å². The van der Waals surface area contributed by atoms with Gasteiger partial charge >= 0.3 is 0 Å². The number of hydrogen-bond acceptors (Lipinski definition) is 1. The Bertz CT molecular complexity index is 81.1. The number of nitrogens with one attached hydrogen (secondary N) is 1. The lowest BCUT2D eigenvalue weighted by molar-refractivity contribution is 0.184. The lowest BCUT2D eigenvalue weighted by Crippen LogP contribution is -2.24. The fourth-order valence-corrected chi connectivity index (χ4v) is 1.01. The van der Waals surface area contributed by atoms with Crippen molar-refractivity contribution < 1.29 is 4.39 Å². The van der Waals surface area contributed by atoms with E-state index in [1.165, 1.54) is 0 Å². The number of rotatable bonds is 1. The molecule has 1 saturated heterocycles. The van der Waals surface area contributed by atoms with Crippen molar-refractivity contribution in [3.8, 4) is 0 Å². The predicted molar refractivity (Wildman–Crippen MR) is 38.9 cm³/mol.